The van der Waals surface area contributed by atoms with E-state index in [0.29, 0.717) is 55.4 Å². The highest BCUT2D eigenvalue weighted by Crippen LogP contribution is 2.54. The fourth-order valence-corrected chi connectivity index (χ4v) is 14.3. The van der Waals surface area contributed by atoms with Crippen molar-refractivity contribution in [3.05, 3.63) is 0 Å². The van der Waals surface area contributed by atoms with Gasteiger partial charge >= 0.3 is 0 Å². The molecule has 0 aromatic rings. The lowest BCUT2D eigenvalue weighted by Gasteiger charge is -2.63. The lowest BCUT2D eigenvalue weighted by atomic mass is 9.66. The summed E-state index contributed by atoms with van der Waals surface area (Å²) in [4.78, 5) is 18.1. The zero-order valence-corrected chi connectivity index (χ0v) is 55.9. The van der Waals surface area contributed by atoms with Gasteiger partial charge in [-0.1, -0.05) is 51.4 Å². The molecule has 0 amide bonds. The molecule has 3 spiro atoms. The fourth-order valence-electron chi connectivity index (χ4n) is 14.3. The molecule has 3 heterocycles. The highest BCUT2D eigenvalue weighted by atomic mass is 15.3. The van der Waals surface area contributed by atoms with Crippen LogP contribution in [0.15, 0.2) is 0 Å². The Morgan fingerprint density at radius 3 is 0.627 bits per heavy atom. The largest absolute Gasteiger partial charge is 0.299 e. The second kappa shape index (κ2) is 26.3. The van der Waals surface area contributed by atoms with E-state index < -0.39 is 0 Å². The molecule has 0 aromatic heterocycles. The third-order valence-electron chi connectivity index (χ3n) is 21.1. The van der Waals surface area contributed by atoms with E-state index in [1.807, 2.05) is 0 Å². The highest BCUT2D eigenvalue weighted by Gasteiger charge is 2.57. The molecule has 7 nitrogen and oxygen atoms in total. The Labute approximate surface area is 471 Å². The Hall–Kier alpha value is -0.280. The molecule has 75 heavy (non-hydrogen) atoms. The van der Waals surface area contributed by atoms with Crippen molar-refractivity contribution >= 4 is 0 Å². The first-order chi connectivity index (χ1) is 34.2. The zero-order valence-electron chi connectivity index (χ0n) is 55.9. The minimum atomic E-state index is 0.349. The molecule has 0 bridgehead atoms. The van der Waals surface area contributed by atoms with Gasteiger partial charge in [-0.3, -0.25) is 34.3 Å². The Bertz CT molecular complexity index is 1610. The monoisotopic (exact) mass is 1050 g/mol. The van der Waals surface area contributed by atoms with Gasteiger partial charge in [0, 0.05) is 99.2 Å². The van der Waals surface area contributed by atoms with E-state index >= 15 is 0 Å². The standard InChI is InChI=1S/C11H21N.C11H23N.C10H19N.C10H21N.C9H17N.C9H19N.C8H17N/c1-10(2,3)12-9-8-11(12)6-4-5-7-11;1-11(2,3)12(4)10-8-6-5-7-9-10;1-9(2,3)11-8-7-10(11)5-4-6-10;1-10(2,3)11(4)9-7-5-6-8-9;1-8(2,3)10-7-6-9(10)4-5-9;1-9(2,3)10(4)8-6-5-7-8;1-8(2,3)9(4)7-5-6-7/h4-9H2,1-3H3;10H,5-9H2,1-4H3;4-8H2,1-3H3;9H,5-8H2,1-4H3;4-7H2,1-3H3;8H,5-7H2,1-4H3;7H,5-6H2,1-4H3. The Kier molecular flexibility index (Phi) is 23.6. The SMILES string of the molecule is CC(C)(C)N1CCC12CC2.CC(C)(C)N1CCC12CCC2.CC(C)(C)N1CCC12CCCC2.CN(C1CC1)C(C)(C)C.CN(C1CCC1)C(C)(C)C.CN(C1CCCC1)C(C)(C)C.CN(C1CCCCC1)C(C)(C)C. The first-order valence-electron chi connectivity index (χ1n) is 32.5. The lowest BCUT2D eigenvalue weighted by Crippen LogP contribution is -2.69. The molecule has 0 radical (unpaired) electrons. The zero-order chi connectivity index (χ0) is 56.9. The third kappa shape index (κ3) is 19.4. The molecule has 3 aliphatic heterocycles. The summed E-state index contributed by atoms with van der Waals surface area (Å²) in [7, 11) is 8.99. The van der Waals surface area contributed by atoms with Gasteiger partial charge in [0.05, 0.1) is 0 Å². The summed E-state index contributed by atoms with van der Waals surface area (Å²) in [5.74, 6) is 0. The normalized spacial score (nSPS) is 25.1. The molecule has 0 atom stereocenters. The fraction of sp³-hybridized carbons (Fsp3) is 1.00. The smallest absolute Gasteiger partial charge is 0.0228 e. The summed E-state index contributed by atoms with van der Waals surface area (Å²) in [5, 5.41) is 0. The van der Waals surface area contributed by atoms with Crippen LogP contribution in [0, 0.1) is 0 Å². The molecule has 0 unspecified atom stereocenters. The maximum atomic E-state index is 2.73. The van der Waals surface area contributed by atoms with Crippen LogP contribution in [-0.4, -0.2) is 162 Å². The van der Waals surface area contributed by atoms with Gasteiger partial charge < -0.3 is 0 Å². The minimum absolute atomic E-state index is 0.349. The average Bonchev–Trinajstić information content (AvgIpc) is 4.10. The van der Waals surface area contributed by atoms with Gasteiger partial charge in [0.25, 0.3) is 0 Å². The first-order valence-corrected chi connectivity index (χ1v) is 32.5. The molecular weight excluding hydrogens is 915 g/mol. The summed E-state index contributed by atoms with van der Waals surface area (Å²) >= 11 is 0. The molecule has 7 saturated carbocycles. The van der Waals surface area contributed by atoms with E-state index in [2.05, 4.69) is 208 Å². The second-order valence-electron chi connectivity index (χ2n) is 33.6. The van der Waals surface area contributed by atoms with Crippen molar-refractivity contribution < 1.29 is 0 Å². The molecule has 7 heteroatoms. The van der Waals surface area contributed by atoms with Crippen LogP contribution in [0.25, 0.3) is 0 Å². The van der Waals surface area contributed by atoms with Crippen LogP contribution in [0.1, 0.15) is 312 Å². The van der Waals surface area contributed by atoms with E-state index in [-0.39, 0.29) is 0 Å². The summed E-state index contributed by atoms with van der Waals surface area (Å²) in [6, 6.07) is 3.47. The molecule has 7 aliphatic carbocycles. The van der Waals surface area contributed by atoms with Crippen molar-refractivity contribution in [2.45, 2.75) is 392 Å². The topological polar surface area (TPSA) is 22.7 Å². The Morgan fingerprint density at radius 2 is 0.480 bits per heavy atom. The van der Waals surface area contributed by atoms with E-state index in [0.717, 1.165) is 24.2 Å². The van der Waals surface area contributed by atoms with E-state index in [1.165, 1.54) is 187 Å². The van der Waals surface area contributed by atoms with Gasteiger partial charge in [0.2, 0.25) is 0 Å². The molecule has 0 N–H and O–H groups in total. The molecule has 444 valence electrons. The van der Waals surface area contributed by atoms with E-state index in [1.54, 1.807) is 0 Å². The van der Waals surface area contributed by atoms with Crippen LogP contribution in [-0.2, 0) is 0 Å². The molecule has 10 aliphatic rings. The van der Waals surface area contributed by atoms with E-state index in [9.17, 15) is 0 Å². The first kappa shape index (κ1) is 67.2. The van der Waals surface area contributed by atoms with Crippen LogP contribution in [0.3, 0.4) is 0 Å². The van der Waals surface area contributed by atoms with Gasteiger partial charge in [0.1, 0.15) is 0 Å². The number of nitrogens with zero attached hydrogens (tertiary/aromatic N) is 7. The van der Waals surface area contributed by atoms with Crippen LogP contribution in [0.4, 0.5) is 0 Å². The van der Waals surface area contributed by atoms with Crippen molar-refractivity contribution in [3.63, 3.8) is 0 Å². The summed E-state index contributed by atoms with van der Waals surface area (Å²) in [6.45, 7) is 52.5. The minimum Gasteiger partial charge on any atom is -0.299 e. The highest BCUT2D eigenvalue weighted by molar-refractivity contribution is 5.14. The molecule has 10 rings (SSSR count). The van der Waals surface area contributed by atoms with E-state index in [4.69, 9.17) is 0 Å². The summed E-state index contributed by atoms with van der Waals surface area (Å²) in [6.07, 6.45) is 37.5. The number of hydrogen-bond acceptors (Lipinski definition) is 7. The molecular formula is C68H137N7. The van der Waals surface area contributed by atoms with Gasteiger partial charge in [-0.05, 0) is 289 Å². The number of likely N-dealkylation sites (tertiary alicyclic amines) is 3. The van der Waals surface area contributed by atoms with Gasteiger partial charge in [-0.25, -0.2) is 0 Å². The van der Waals surface area contributed by atoms with Gasteiger partial charge in [-0.2, -0.15) is 0 Å². The van der Waals surface area contributed by atoms with Crippen molar-refractivity contribution in [2.75, 3.05) is 47.8 Å². The lowest BCUT2D eigenvalue weighted by molar-refractivity contribution is -0.125. The Balaban J connectivity index is 0.000000190. The third-order valence-corrected chi connectivity index (χ3v) is 21.1. The molecule has 10 fully saturated rings. The van der Waals surface area contributed by atoms with Crippen molar-refractivity contribution in [1.82, 2.24) is 34.3 Å². The maximum Gasteiger partial charge on any atom is 0.0228 e. The van der Waals surface area contributed by atoms with Crippen molar-refractivity contribution in [3.8, 4) is 0 Å². The predicted molar refractivity (Wildman–Crippen MR) is 333 cm³/mol. The summed E-state index contributed by atoms with van der Waals surface area (Å²) < 4.78 is 0. The van der Waals surface area contributed by atoms with Gasteiger partial charge in [0.15, 0.2) is 0 Å². The second-order valence-corrected chi connectivity index (χ2v) is 33.6. The maximum absolute atomic E-state index is 2.73. The van der Waals surface area contributed by atoms with Crippen LogP contribution < -0.4 is 0 Å². The Morgan fingerprint density at radius 1 is 0.253 bits per heavy atom. The summed E-state index contributed by atoms with van der Waals surface area (Å²) in [5.41, 5.74) is 4.73. The number of rotatable bonds is 4. The average molecular weight is 1050 g/mol. The van der Waals surface area contributed by atoms with Crippen molar-refractivity contribution in [2.24, 2.45) is 0 Å². The number of hydrogen-bond donors (Lipinski definition) is 0. The van der Waals surface area contributed by atoms with Crippen molar-refractivity contribution in [1.29, 1.82) is 0 Å². The quantitative estimate of drug-likeness (QED) is 0.276. The van der Waals surface area contributed by atoms with Crippen LogP contribution in [0.2, 0.25) is 0 Å². The predicted octanol–water partition coefficient (Wildman–Crippen LogP) is 17.1. The van der Waals surface area contributed by atoms with Gasteiger partial charge in [-0.15, -0.1) is 0 Å². The molecule has 0 aromatic carbocycles. The van der Waals surface area contributed by atoms with Crippen LogP contribution in [0.5, 0.6) is 0 Å². The molecule has 3 saturated heterocycles. The van der Waals surface area contributed by atoms with Crippen LogP contribution >= 0.6 is 0 Å².